The van der Waals surface area contributed by atoms with E-state index in [1.54, 1.807) is 7.11 Å². The average Bonchev–Trinajstić information content (AvgIpc) is 3.03. The van der Waals surface area contributed by atoms with Gasteiger partial charge >= 0.3 is 0 Å². The Morgan fingerprint density at radius 1 is 1.56 bits per heavy atom. The van der Waals surface area contributed by atoms with Crippen LogP contribution in [-0.4, -0.2) is 26.3 Å². The number of hydrogen-bond donors (Lipinski definition) is 1. The van der Waals surface area contributed by atoms with E-state index in [0.29, 0.717) is 6.04 Å². The molecule has 0 amide bonds. The molecule has 3 nitrogen and oxygen atoms in total. The Hall–Kier alpha value is -0.740. The zero-order valence-corrected chi connectivity index (χ0v) is 12.2. The number of rotatable bonds is 3. The van der Waals surface area contributed by atoms with E-state index in [0.717, 1.165) is 37.5 Å². The monoisotopic (exact) mass is 311 g/mol. The van der Waals surface area contributed by atoms with Crippen LogP contribution in [-0.2, 0) is 12.8 Å². The lowest BCUT2D eigenvalue weighted by molar-refractivity contribution is 0.326. The highest BCUT2D eigenvalue weighted by molar-refractivity contribution is 9.10. The maximum Gasteiger partial charge on any atom is 0.165 e. The maximum absolute atomic E-state index is 5.66. The second-order valence-electron chi connectivity index (χ2n) is 4.96. The topological polar surface area (TPSA) is 30.5 Å². The first-order valence-electron chi connectivity index (χ1n) is 6.54. The van der Waals surface area contributed by atoms with Crippen LogP contribution in [0.25, 0.3) is 0 Å². The average molecular weight is 312 g/mol. The van der Waals surface area contributed by atoms with E-state index in [9.17, 15) is 0 Å². The molecule has 2 aliphatic heterocycles. The molecular formula is C14H18BrNO2. The minimum absolute atomic E-state index is 0.603. The molecule has 0 aliphatic carbocycles. The largest absolute Gasteiger partial charge is 0.493 e. The molecule has 1 fully saturated rings. The van der Waals surface area contributed by atoms with Crippen molar-refractivity contribution in [2.24, 2.45) is 0 Å². The maximum atomic E-state index is 5.66. The van der Waals surface area contributed by atoms with Crippen molar-refractivity contribution in [3.63, 3.8) is 0 Å². The third-order valence-corrected chi connectivity index (χ3v) is 4.79. The van der Waals surface area contributed by atoms with Gasteiger partial charge in [-0.2, -0.15) is 0 Å². The van der Waals surface area contributed by atoms with Crippen molar-refractivity contribution in [1.29, 1.82) is 0 Å². The van der Waals surface area contributed by atoms with E-state index in [1.165, 1.54) is 28.4 Å². The third kappa shape index (κ3) is 2.12. The fraction of sp³-hybridized carbons (Fsp3) is 0.571. The van der Waals surface area contributed by atoms with E-state index in [4.69, 9.17) is 9.47 Å². The van der Waals surface area contributed by atoms with Crippen molar-refractivity contribution < 1.29 is 9.47 Å². The summed E-state index contributed by atoms with van der Waals surface area (Å²) in [6.07, 6.45) is 4.58. The van der Waals surface area contributed by atoms with Gasteiger partial charge in [0.25, 0.3) is 0 Å². The summed E-state index contributed by atoms with van der Waals surface area (Å²) in [6.45, 7) is 1.91. The predicted molar refractivity (Wildman–Crippen MR) is 74.6 cm³/mol. The molecule has 4 heteroatoms. The number of fused-ring (bicyclic) bond motifs is 1. The number of nitrogens with one attached hydrogen (secondary N) is 1. The van der Waals surface area contributed by atoms with E-state index >= 15 is 0 Å². The number of methoxy groups -OCH3 is 1. The summed E-state index contributed by atoms with van der Waals surface area (Å²) in [5.41, 5.74) is 2.60. The first kappa shape index (κ1) is 12.3. The highest BCUT2D eigenvalue weighted by Gasteiger charge is 2.24. The molecule has 18 heavy (non-hydrogen) atoms. The van der Waals surface area contributed by atoms with Crippen LogP contribution < -0.4 is 14.8 Å². The molecule has 98 valence electrons. The number of hydrogen-bond acceptors (Lipinski definition) is 3. The van der Waals surface area contributed by atoms with E-state index in [-0.39, 0.29) is 0 Å². The fourth-order valence-corrected chi connectivity index (χ4v) is 3.52. The minimum Gasteiger partial charge on any atom is -0.493 e. The van der Waals surface area contributed by atoms with Crippen molar-refractivity contribution in [1.82, 2.24) is 5.32 Å². The Bertz CT molecular complexity index is 456. The van der Waals surface area contributed by atoms with Crippen LogP contribution in [0.3, 0.4) is 0 Å². The highest BCUT2D eigenvalue weighted by Crippen LogP contribution is 2.42. The highest BCUT2D eigenvalue weighted by atomic mass is 79.9. The number of benzene rings is 1. The number of halogens is 1. The summed E-state index contributed by atoms with van der Waals surface area (Å²) in [4.78, 5) is 0. The van der Waals surface area contributed by atoms with Crippen LogP contribution >= 0.6 is 15.9 Å². The van der Waals surface area contributed by atoms with Gasteiger partial charge in [0.05, 0.1) is 13.7 Å². The predicted octanol–water partition coefficient (Wildman–Crippen LogP) is 2.69. The lowest BCUT2D eigenvalue weighted by Crippen LogP contribution is -2.23. The van der Waals surface area contributed by atoms with Crippen LogP contribution in [0.1, 0.15) is 24.0 Å². The molecule has 1 unspecified atom stereocenters. The standard InChI is InChI=1S/C14H18BrNO2/c1-17-12-8-9(7-10-3-2-5-16-10)13(15)11-4-6-18-14(11)12/h8,10,16H,2-7H2,1H3. The summed E-state index contributed by atoms with van der Waals surface area (Å²) in [7, 11) is 1.71. The Labute approximate surface area is 116 Å². The van der Waals surface area contributed by atoms with Gasteiger partial charge in [0.1, 0.15) is 0 Å². The second-order valence-corrected chi connectivity index (χ2v) is 5.75. The molecule has 0 aromatic heterocycles. The van der Waals surface area contributed by atoms with Crippen molar-refractivity contribution in [2.75, 3.05) is 20.3 Å². The molecule has 0 spiro atoms. The zero-order valence-electron chi connectivity index (χ0n) is 10.6. The minimum atomic E-state index is 0.603. The molecule has 1 atom stereocenters. The lowest BCUT2D eigenvalue weighted by atomic mass is 10.0. The quantitative estimate of drug-likeness (QED) is 0.931. The van der Waals surface area contributed by atoms with Crippen LogP contribution in [0, 0.1) is 0 Å². The molecular weight excluding hydrogens is 294 g/mol. The first-order valence-corrected chi connectivity index (χ1v) is 7.33. The van der Waals surface area contributed by atoms with Crippen molar-refractivity contribution in [3.8, 4) is 11.5 Å². The molecule has 0 bridgehead atoms. The Balaban J connectivity index is 1.93. The summed E-state index contributed by atoms with van der Waals surface area (Å²) >= 11 is 3.74. The zero-order chi connectivity index (χ0) is 12.5. The Morgan fingerprint density at radius 2 is 2.44 bits per heavy atom. The Morgan fingerprint density at radius 3 is 3.17 bits per heavy atom. The van der Waals surface area contributed by atoms with Gasteiger partial charge in [0.2, 0.25) is 0 Å². The third-order valence-electron chi connectivity index (χ3n) is 3.80. The molecule has 0 radical (unpaired) electrons. The van der Waals surface area contributed by atoms with Crippen LogP contribution in [0.4, 0.5) is 0 Å². The lowest BCUT2D eigenvalue weighted by Gasteiger charge is -2.16. The van der Waals surface area contributed by atoms with Gasteiger partial charge < -0.3 is 14.8 Å². The molecule has 3 rings (SSSR count). The SMILES string of the molecule is COc1cc(CC2CCCN2)c(Br)c2c1OCC2. The van der Waals surface area contributed by atoms with Crippen molar-refractivity contribution >= 4 is 15.9 Å². The summed E-state index contributed by atoms with van der Waals surface area (Å²) in [5.74, 6) is 1.80. The van der Waals surface area contributed by atoms with Crippen LogP contribution in [0.15, 0.2) is 10.5 Å². The Kier molecular flexibility index (Phi) is 3.48. The van der Waals surface area contributed by atoms with E-state index in [2.05, 4.69) is 27.3 Å². The fourth-order valence-electron chi connectivity index (χ4n) is 2.86. The van der Waals surface area contributed by atoms with Crippen LogP contribution in [0.2, 0.25) is 0 Å². The van der Waals surface area contributed by atoms with Crippen molar-refractivity contribution in [2.45, 2.75) is 31.7 Å². The van der Waals surface area contributed by atoms with Gasteiger partial charge in [-0.3, -0.25) is 0 Å². The van der Waals surface area contributed by atoms with Gasteiger partial charge in [0, 0.05) is 22.5 Å². The summed E-state index contributed by atoms with van der Waals surface area (Å²) < 4.78 is 12.3. The summed E-state index contributed by atoms with van der Waals surface area (Å²) in [6, 6.07) is 2.72. The van der Waals surface area contributed by atoms with Gasteiger partial charge in [-0.1, -0.05) is 15.9 Å². The molecule has 2 heterocycles. The van der Waals surface area contributed by atoms with E-state index in [1.807, 2.05) is 0 Å². The summed E-state index contributed by atoms with van der Waals surface area (Å²) in [5, 5.41) is 3.54. The van der Waals surface area contributed by atoms with Gasteiger partial charge in [-0.05, 0) is 37.4 Å². The molecule has 2 aliphatic rings. The second kappa shape index (κ2) is 5.10. The molecule has 1 aromatic carbocycles. The molecule has 0 saturated carbocycles. The molecule has 1 N–H and O–H groups in total. The van der Waals surface area contributed by atoms with E-state index < -0.39 is 0 Å². The van der Waals surface area contributed by atoms with Crippen molar-refractivity contribution in [3.05, 3.63) is 21.7 Å². The molecule has 1 aromatic rings. The van der Waals surface area contributed by atoms with Gasteiger partial charge in [0.15, 0.2) is 11.5 Å². The van der Waals surface area contributed by atoms with Gasteiger partial charge in [-0.15, -0.1) is 0 Å². The number of ether oxygens (including phenoxy) is 2. The van der Waals surface area contributed by atoms with Crippen LogP contribution in [0.5, 0.6) is 11.5 Å². The molecule has 1 saturated heterocycles. The van der Waals surface area contributed by atoms with Gasteiger partial charge in [-0.25, -0.2) is 0 Å². The normalized spacial score (nSPS) is 21.8. The smallest absolute Gasteiger partial charge is 0.165 e. The first-order chi connectivity index (χ1) is 8.79.